The van der Waals surface area contributed by atoms with Gasteiger partial charge in [0.15, 0.2) is 12.6 Å². The summed E-state index contributed by atoms with van der Waals surface area (Å²) in [6.45, 7) is 18.8. The summed E-state index contributed by atoms with van der Waals surface area (Å²) in [6, 6.07) is 0. The van der Waals surface area contributed by atoms with E-state index in [1.807, 2.05) is 13.8 Å². The van der Waals surface area contributed by atoms with E-state index in [-0.39, 0.29) is 42.9 Å². The van der Waals surface area contributed by atoms with Gasteiger partial charge in [0.2, 0.25) is 6.29 Å². The third-order valence-corrected chi connectivity index (χ3v) is 18.8. The van der Waals surface area contributed by atoms with Gasteiger partial charge in [0, 0.05) is 11.3 Å². The average molecular weight is 971 g/mol. The van der Waals surface area contributed by atoms with Gasteiger partial charge < -0.3 is 89.3 Å². The number of hydrogen-bond acceptors (Lipinski definition) is 20. The van der Waals surface area contributed by atoms with Gasteiger partial charge in [-0.25, -0.2) is 0 Å². The molecular formula is C48H74O20. The Balaban J connectivity index is 1.01. The van der Waals surface area contributed by atoms with Gasteiger partial charge in [-0.2, -0.15) is 0 Å². The summed E-state index contributed by atoms with van der Waals surface area (Å²) < 4.78 is 40.8. The molecule has 8 rings (SSSR count). The Morgan fingerprint density at radius 3 is 2.00 bits per heavy atom. The first-order valence-corrected chi connectivity index (χ1v) is 24.2. The lowest BCUT2D eigenvalue weighted by atomic mass is 9.33. The highest BCUT2D eigenvalue weighted by Gasteiger charge is 2.76. The molecule has 11 N–H and O–H groups in total. The second kappa shape index (κ2) is 18.7. The van der Waals surface area contributed by atoms with E-state index in [0.717, 1.165) is 24.0 Å². The van der Waals surface area contributed by atoms with Crippen molar-refractivity contribution in [2.24, 2.45) is 51.2 Å². The Morgan fingerprint density at radius 2 is 1.35 bits per heavy atom. The molecule has 0 bridgehead atoms. The first-order chi connectivity index (χ1) is 31.8. The number of hydrogen-bond donors (Lipinski definition) is 11. The van der Waals surface area contributed by atoms with E-state index in [0.29, 0.717) is 12.8 Å². The number of esters is 2. The van der Waals surface area contributed by atoms with Crippen molar-refractivity contribution in [1.82, 2.24) is 0 Å². The van der Waals surface area contributed by atoms with Crippen molar-refractivity contribution < 1.29 is 98.9 Å². The third-order valence-electron chi connectivity index (χ3n) is 18.8. The number of allylic oxidation sites excluding steroid dienone is 2. The molecule has 0 radical (unpaired) electrons. The lowest BCUT2D eigenvalue weighted by Crippen LogP contribution is -2.70. The van der Waals surface area contributed by atoms with Crippen LogP contribution in [0.3, 0.4) is 0 Å². The number of aliphatic hydroxyl groups is 11. The van der Waals surface area contributed by atoms with Crippen molar-refractivity contribution in [2.75, 3.05) is 13.2 Å². The van der Waals surface area contributed by atoms with Gasteiger partial charge in [-0.3, -0.25) is 9.59 Å². The molecule has 0 spiro atoms. The van der Waals surface area contributed by atoms with E-state index in [1.54, 1.807) is 0 Å². The van der Waals surface area contributed by atoms with Crippen LogP contribution in [0.2, 0.25) is 0 Å². The first kappa shape index (κ1) is 52.1. The molecule has 8 aliphatic rings. The molecule has 0 unspecified atom stereocenters. The molecule has 8 fully saturated rings. The molecule has 4 saturated carbocycles. The predicted octanol–water partition coefficient (Wildman–Crippen LogP) is -1.32. The van der Waals surface area contributed by atoms with E-state index in [1.165, 1.54) is 6.92 Å². The molecule has 20 heteroatoms. The molecule has 0 aromatic rings. The number of carbonyl (C=O) groups is 2. The Hall–Kier alpha value is -2.22. The molecule has 4 saturated heterocycles. The van der Waals surface area contributed by atoms with Crippen LogP contribution < -0.4 is 0 Å². The molecule has 27 atom stereocenters. The highest BCUT2D eigenvalue weighted by Crippen LogP contribution is 2.77. The monoisotopic (exact) mass is 970 g/mol. The zero-order valence-corrected chi connectivity index (χ0v) is 39.7. The minimum atomic E-state index is -1.98. The number of aliphatic hydroxyl groups excluding tert-OH is 11. The Morgan fingerprint density at radius 1 is 0.721 bits per heavy atom. The molecule has 0 aromatic carbocycles. The fraction of sp³-hybridized carbons (Fsp3) is 0.875. The molecule has 0 amide bonds. The molecular weight excluding hydrogens is 897 g/mol. The van der Waals surface area contributed by atoms with E-state index in [4.69, 9.17) is 33.2 Å². The van der Waals surface area contributed by atoms with Gasteiger partial charge >= 0.3 is 11.9 Å². The maximum Gasteiger partial charge on any atom is 0.317 e. The quantitative estimate of drug-likeness (QED) is 0.0893. The van der Waals surface area contributed by atoms with Crippen LogP contribution in [0.5, 0.6) is 0 Å². The normalized spacial score (nSPS) is 54.6. The summed E-state index contributed by atoms with van der Waals surface area (Å²) in [7, 11) is 0. The van der Waals surface area contributed by atoms with Crippen LogP contribution >= 0.6 is 0 Å². The van der Waals surface area contributed by atoms with Crippen molar-refractivity contribution in [3.8, 4) is 0 Å². The maximum atomic E-state index is 15.1. The highest BCUT2D eigenvalue weighted by atomic mass is 16.8. The summed E-state index contributed by atoms with van der Waals surface area (Å²) in [5, 5.41) is 121. The first-order valence-electron chi connectivity index (χ1n) is 24.2. The molecule has 20 nitrogen and oxygen atoms in total. The number of fused-ring (bicyclic) bond motifs is 4. The second-order valence-corrected chi connectivity index (χ2v) is 22.2. The number of rotatable bonds is 10. The van der Waals surface area contributed by atoms with Crippen molar-refractivity contribution >= 4 is 11.9 Å². The van der Waals surface area contributed by atoms with E-state index >= 15 is 4.79 Å². The standard InChI is InChI=1S/C48H74O20/c1-18(2)21-13-28(51)48(12-11-45(6)23(30(21)48)14-24-40-46(45,7)10-9-22(19(3)4)47(40,8)27(50)15-29(52)64-24)44(61)68-43-37(59)34(56)32(54)26(66-43)17-62-41-38(60)35(57)39(25(16-49)65-41)67-42-36(58)33(55)31(53)20(5)63-42/h20-28,30-43,49-51,53-60H,1,3,9-17H2,2,4-8H3/t20-,21-,22-,23+,24+,25+,26+,27+,28-,30+,31-,32+,33+,34-,35+,36+,37+,38+,39+,40-,41+,42-,43-,45+,46+,47+,48+/m0/s1. The summed E-state index contributed by atoms with van der Waals surface area (Å²) in [4.78, 5) is 28.6. The largest absolute Gasteiger partial charge is 0.462 e. The van der Waals surface area contributed by atoms with Crippen molar-refractivity contribution in [2.45, 2.75) is 197 Å². The molecule has 0 aromatic heterocycles. The molecule has 4 heterocycles. The lowest BCUT2D eigenvalue weighted by Gasteiger charge is -2.71. The van der Waals surface area contributed by atoms with Crippen LogP contribution in [0.25, 0.3) is 0 Å². The van der Waals surface area contributed by atoms with Crippen LogP contribution in [0.1, 0.15) is 86.5 Å². The summed E-state index contributed by atoms with van der Waals surface area (Å²) in [6.07, 6.45) is -25.7. The highest BCUT2D eigenvalue weighted by molar-refractivity contribution is 5.79. The maximum absolute atomic E-state index is 15.1. The average Bonchev–Trinajstić information content (AvgIpc) is 3.54. The topological polar surface area (TPSA) is 321 Å². The van der Waals surface area contributed by atoms with E-state index < -0.39 is 163 Å². The summed E-state index contributed by atoms with van der Waals surface area (Å²) in [5.74, 6) is -3.05. The van der Waals surface area contributed by atoms with Crippen LogP contribution in [0, 0.1) is 51.2 Å². The summed E-state index contributed by atoms with van der Waals surface area (Å²) >= 11 is 0. The molecule has 386 valence electrons. The predicted molar refractivity (Wildman–Crippen MR) is 232 cm³/mol. The fourth-order valence-corrected chi connectivity index (χ4v) is 15.0. The van der Waals surface area contributed by atoms with Gasteiger partial charge in [-0.15, -0.1) is 0 Å². The van der Waals surface area contributed by atoms with Crippen molar-refractivity contribution in [3.63, 3.8) is 0 Å². The fourth-order valence-electron chi connectivity index (χ4n) is 15.0. The van der Waals surface area contributed by atoms with Crippen LogP contribution in [-0.2, 0) is 42.7 Å². The zero-order valence-electron chi connectivity index (χ0n) is 39.7. The smallest absolute Gasteiger partial charge is 0.317 e. The SMILES string of the molecule is C=C(C)[C@@H]1C[C@H](O)[C@]2(C(=O)O[C@@H]3O[C@H](CO[C@@H]4O[C@H](CO)[C@@H](O[C@@H]5O[C@@H](C)[C@H](O)[C@@H](O)[C@H]5O)[C@H](O)[C@H]4O)[C@@H](O)[C@H](O)[C@H]3O)CC[C@]3(C)[C@H](C[C@H]4OC(=O)C[C@@H](O)[C@]5(C)[C@@H]4[C@@]3(C)CC[C@H]5C(=C)C)[C@@H]12. The zero-order chi connectivity index (χ0) is 49.9. The van der Waals surface area contributed by atoms with Crippen molar-refractivity contribution in [3.05, 3.63) is 24.3 Å². The Kier molecular flexibility index (Phi) is 14.3. The van der Waals surface area contributed by atoms with Gasteiger partial charge in [0.05, 0.1) is 43.4 Å². The third kappa shape index (κ3) is 7.86. The summed E-state index contributed by atoms with van der Waals surface area (Å²) in [5.41, 5.74) is -1.67. The van der Waals surface area contributed by atoms with Gasteiger partial charge in [0.1, 0.15) is 73.2 Å². The van der Waals surface area contributed by atoms with Crippen molar-refractivity contribution in [1.29, 1.82) is 0 Å². The van der Waals surface area contributed by atoms with Gasteiger partial charge in [0.25, 0.3) is 0 Å². The minimum absolute atomic E-state index is 0.0709. The Labute approximate surface area is 395 Å². The van der Waals surface area contributed by atoms with Crippen LogP contribution in [0.4, 0.5) is 0 Å². The lowest BCUT2D eigenvalue weighted by molar-refractivity contribution is -0.361. The Bertz CT molecular complexity index is 1920. The van der Waals surface area contributed by atoms with Crippen LogP contribution in [-0.4, -0.2) is 192 Å². The number of carbonyl (C=O) groups excluding carboxylic acids is 2. The minimum Gasteiger partial charge on any atom is -0.462 e. The van der Waals surface area contributed by atoms with Gasteiger partial charge in [-0.1, -0.05) is 45.1 Å². The number of ether oxygens (including phenoxy) is 7. The van der Waals surface area contributed by atoms with E-state index in [2.05, 4.69) is 33.9 Å². The molecule has 4 aliphatic carbocycles. The van der Waals surface area contributed by atoms with Gasteiger partial charge in [-0.05, 0) is 93.8 Å². The molecule has 4 aliphatic heterocycles. The van der Waals surface area contributed by atoms with Crippen LogP contribution in [0.15, 0.2) is 24.3 Å². The second-order valence-electron chi connectivity index (χ2n) is 22.2. The van der Waals surface area contributed by atoms with E-state index in [9.17, 15) is 61.0 Å². The molecule has 68 heavy (non-hydrogen) atoms.